The first-order chi connectivity index (χ1) is 13.1. The molecule has 0 bridgehead atoms. The van der Waals surface area contributed by atoms with Crippen molar-refractivity contribution in [1.82, 2.24) is 9.88 Å². The number of hydrogen-bond acceptors (Lipinski definition) is 1. The molecular formula is C25H34Cl2N2. The molecule has 0 unspecified atom stereocenters. The summed E-state index contributed by atoms with van der Waals surface area (Å²) in [5.41, 5.74) is 5.48. The first-order valence-electron chi connectivity index (χ1n) is 10.1. The van der Waals surface area contributed by atoms with Crippen LogP contribution < -0.4 is 5.32 Å². The van der Waals surface area contributed by atoms with Gasteiger partial charge in [0.05, 0.1) is 0 Å². The van der Waals surface area contributed by atoms with Crippen molar-refractivity contribution >= 4 is 34.9 Å². The second-order valence-corrected chi connectivity index (χ2v) is 10.1. The van der Waals surface area contributed by atoms with E-state index in [0.29, 0.717) is 5.41 Å². The molecular weight excluding hydrogens is 399 g/mol. The van der Waals surface area contributed by atoms with Crippen LogP contribution in [0.5, 0.6) is 0 Å². The summed E-state index contributed by atoms with van der Waals surface area (Å²) in [7, 11) is 0. The van der Waals surface area contributed by atoms with Gasteiger partial charge in [0.25, 0.3) is 0 Å². The van der Waals surface area contributed by atoms with Gasteiger partial charge in [0, 0.05) is 40.2 Å². The van der Waals surface area contributed by atoms with Gasteiger partial charge in [-0.2, -0.15) is 0 Å². The van der Waals surface area contributed by atoms with E-state index in [1.54, 1.807) is 0 Å². The van der Waals surface area contributed by atoms with Crippen LogP contribution in [-0.4, -0.2) is 10.1 Å². The van der Waals surface area contributed by atoms with E-state index >= 15 is 0 Å². The highest BCUT2D eigenvalue weighted by molar-refractivity contribution is 6.31. The smallest absolute Gasteiger partial charge is 0.0493 e. The zero-order valence-corrected chi connectivity index (χ0v) is 20.0. The zero-order valence-electron chi connectivity index (χ0n) is 18.5. The van der Waals surface area contributed by atoms with Gasteiger partial charge in [0.15, 0.2) is 0 Å². The highest BCUT2D eigenvalue weighted by Gasteiger charge is 2.25. The van der Waals surface area contributed by atoms with Gasteiger partial charge >= 0.3 is 0 Å². The maximum Gasteiger partial charge on any atom is 0.0493 e. The van der Waals surface area contributed by atoms with Crippen LogP contribution in [0, 0.1) is 12.3 Å². The van der Waals surface area contributed by atoms with Crippen molar-refractivity contribution in [3.63, 3.8) is 0 Å². The van der Waals surface area contributed by atoms with E-state index < -0.39 is 0 Å². The van der Waals surface area contributed by atoms with Crippen LogP contribution in [-0.2, 0) is 13.1 Å². The normalized spacial score (nSPS) is 12.2. The molecule has 158 valence electrons. The van der Waals surface area contributed by atoms with Crippen molar-refractivity contribution < 1.29 is 0 Å². The maximum atomic E-state index is 6.44. The van der Waals surface area contributed by atoms with Gasteiger partial charge in [-0.25, -0.2) is 0 Å². The van der Waals surface area contributed by atoms with Crippen LogP contribution in [0.3, 0.4) is 0 Å². The number of para-hydroxylation sites is 1. The lowest BCUT2D eigenvalue weighted by Crippen LogP contribution is -2.41. The summed E-state index contributed by atoms with van der Waals surface area (Å²) < 4.78 is 2.39. The molecule has 0 amide bonds. The fourth-order valence-electron chi connectivity index (χ4n) is 4.44. The first kappa shape index (κ1) is 23.8. The fourth-order valence-corrected chi connectivity index (χ4v) is 4.64. The number of rotatable bonds is 6. The number of nitrogens with one attached hydrogen (secondary N) is 1. The van der Waals surface area contributed by atoms with Gasteiger partial charge in [0.1, 0.15) is 0 Å². The Hall–Kier alpha value is -1.48. The first-order valence-corrected chi connectivity index (χ1v) is 10.5. The lowest BCUT2D eigenvalue weighted by Gasteiger charge is -2.33. The molecule has 1 aromatic heterocycles. The predicted molar refractivity (Wildman–Crippen MR) is 129 cm³/mol. The summed E-state index contributed by atoms with van der Waals surface area (Å²) in [6, 6.07) is 16.8. The molecule has 0 aliphatic rings. The van der Waals surface area contributed by atoms with Crippen molar-refractivity contribution in [3.8, 4) is 0 Å². The highest BCUT2D eigenvalue weighted by Crippen LogP contribution is 2.30. The quantitative estimate of drug-likeness (QED) is 0.429. The Labute approximate surface area is 187 Å². The van der Waals surface area contributed by atoms with E-state index in [0.717, 1.165) is 30.1 Å². The van der Waals surface area contributed by atoms with Crippen LogP contribution in [0.25, 0.3) is 10.9 Å². The molecule has 2 aromatic carbocycles. The summed E-state index contributed by atoms with van der Waals surface area (Å²) in [6.45, 7) is 15.4. The Balaban J connectivity index is 0.00000300. The van der Waals surface area contributed by atoms with Crippen molar-refractivity contribution in [3.05, 3.63) is 70.4 Å². The van der Waals surface area contributed by atoms with Crippen molar-refractivity contribution in [2.24, 2.45) is 5.41 Å². The number of aromatic nitrogens is 1. The monoisotopic (exact) mass is 432 g/mol. The standard InChI is InChI=1S/C25H33ClN2.ClH/c1-18-21(15-27-25(5,6)17-24(2,3)4)20-12-8-10-14-23(20)28(18)16-19-11-7-9-13-22(19)26;/h7-14,27H,15-17H2,1-6H3;1H. The third-order valence-corrected chi connectivity index (χ3v) is 5.73. The second-order valence-electron chi connectivity index (χ2n) is 9.73. The Morgan fingerprint density at radius 3 is 2.21 bits per heavy atom. The maximum absolute atomic E-state index is 6.44. The summed E-state index contributed by atoms with van der Waals surface area (Å²) in [6.07, 6.45) is 1.12. The lowest BCUT2D eigenvalue weighted by atomic mass is 9.81. The Kier molecular flexibility index (Phi) is 7.48. The minimum absolute atomic E-state index is 0. The van der Waals surface area contributed by atoms with Crippen molar-refractivity contribution in [1.29, 1.82) is 0 Å². The average Bonchev–Trinajstić information content (AvgIpc) is 2.85. The molecule has 2 nitrogen and oxygen atoms in total. The van der Waals surface area contributed by atoms with Crippen LogP contribution in [0.15, 0.2) is 48.5 Å². The lowest BCUT2D eigenvalue weighted by molar-refractivity contribution is 0.241. The van der Waals surface area contributed by atoms with Gasteiger partial charge in [0.2, 0.25) is 0 Å². The molecule has 0 aliphatic carbocycles. The molecule has 3 aromatic rings. The van der Waals surface area contributed by atoms with Gasteiger partial charge < -0.3 is 9.88 Å². The van der Waals surface area contributed by atoms with Crippen LogP contribution in [0.1, 0.15) is 57.9 Å². The minimum atomic E-state index is 0. The van der Waals surface area contributed by atoms with Gasteiger partial charge in [-0.05, 0) is 55.9 Å². The van der Waals surface area contributed by atoms with E-state index in [1.807, 2.05) is 12.1 Å². The average molecular weight is 433 g/mol. The molecule has 0 radical (unpaired) electrons. The molecule has 0 spiro atoms. The number of fused-ring (bicyclic) bond motifs is 1. The second kappa shape index (κ2) is 9.12. The fraction of sp³-hybridized carbons (Fsp3) is 0.440. The SMILES string of the molecule is Cc1c(CNC(C)(C)CC(C)(C)C)c2ccccc2n1Cc1ccccc1Cl.Cl. The minimum Gasteiger partial charge on any atom is -0.340 e. The third-order valence-electron chi connectivity index (χ3n) is 5.36. The van der Waals surface area contributed by atoms with Gasteiger partial charge in [-0.1, -0.05) is 68.8 Å². The van der Waals surface area contributed by atoms with Crippen LogP contribution in [0.4, 0.5) is 0 Å². The van der Waals surface area contributed by atoms with Crippen molar-refractivity contribution in [2.45, 2.75) is 66.6 Å². The van der Waals surface area contributed by atoms with Crippen LogP contribution >= 0.6 is 24.0 Å². The molecule has 1 N–H and O–H groups in total. The Bertz CT molecular complexity index is 965. The van der Waals surface area contributed by atoms with E-state index in [2.05, 4.69) is 87.8 Å². The molecule has 0 aliphatic heterocycles. The van der Waals surface area contributed by atoms with Gasteiger partial charge in [-0.15, -0.1) is 12.4 Å². The molecule has 0 saturated heterocycles. The summed E-state index contributed by atoms with van der Waals surface area (Å²) in [5, 5.41) is 5.96. The van der Waals surface area contributed by atoms with E-state index in [9.17, 15) is 0 Å². The number of halogens is 2. The van der Waals surface area contributed by atoms with E-state index in [4.69, 9.17) is 11.6 Å². The molecule has 0 fully saturated rings. The molecule has 29 heavy (non-hydrogen) atoms. The van der Waals surface area contributed by atoms with E-state index in [1.165, 1.54) is 22.2 Å². The molecule has 4 heteroatoms. The van der Waals surface area contributed by atoms with Gasteiger partial charge in [-0.3, -0.25) is 0 Å². The Morgan fingerprint density at radius 2 is 1.55 bits per heavy atom. The number of nitrogens with zero attached hydrogens (tertiary/aromatic N) is 1. The molecule has 1 heterocycles. The number of hydrogen-bond donors (Lipinski definition) is 1. The third kappa shape index (κ3) is 5.78. The summed E-state index contributed by atoms with van der Waals surface area (Å²) >= 11 is 6.44. The topological polar surface area (TPSA) is 17.0 Å². The Morgan fingerprint density at radius 1 is 0.931 bits per heavy atom. The largest absolute Gasteiger partial charge is 0.340 e. The molecule has 0 atom stereocenters. The predicted octanol–water partition coefficient (Wildman–Crippen LogP) is 7.38. The summed E-state index contributed by atoms with van der Waals surface area (Å²) in [4.78, 5) is 0. The van der Waals surface area contributed by atoms with Crippen LogP contribution in [0.2, 0.25) is 5.02 Å². The highest BCUT2D eigenvalue weighted by atomic mass is 35.5. The molecule has 0 saturated carbocycles. The summed E-state index contributed by atoms with van der Waals surface area (Å²) in [5.74, 6) is 0. The number of benzene rings is 2. The molecule has 3 rings (SSSR count). The van der Waals surface area contributed by atoms with E-state index in [-0.39, 0.29) is 17.9 Å². The van der Waals surface area contributed by atoms with Crippen molar-refractivity contribution in [2.75, 3.05) is 0 Å². The zero-order chi connectivity index (χ0) is 20.5.